The predicted molar refractivity (Wildman–Crippen MR) is 22.4 cm³/mol. The normalized spacial score (nSPS) is 6.00. The summed E-state index contributed by atoms with van der Waals surface area (Å²) in [6, 6.07) is 0. The van der Waals surface area contributed by atoms with Crippen molar-refractivity contribution in [2.24, 2.45) is 0 Å². The summed E-state index contributed by atoms with van der Waals surface area (Å²) in [5.74, 6) is 0. The Morgan fingerprint density at radius 2 is 1.33 bits per heavy atom. The molecule has 2 nitrogen and oxygen atoms in total. The minimum absolute atomic E-state index is 0. The van der Waals surface area contributed by atoms with E-state index in [9.17, 15) is 0 Å². The number of aliphatic hydroxyl groups is 1. The second-order valence-corrected chi connectivity index (χ2v) is 1.09. The van der Waals surface area contributed by atoms with Gasteiger partial charge < -0.3 is 11.3 Å². The molecule has 0 aliphatic heterocycles. The van der Waals surface area contributed by atoms with Crippen LogP contribution in [0.4, 0.5) is 0 Å². The van der Waals surface area contributed by atoms with Crippen LogP contribution in [-0.2, 0) is 17.1 Å². The fourth-order valence-electron chi connectivity index (χ4n) is 0. The summed E-state index contributed by atoms with van der Waals surface area (Å²) in [7, 11) is 0. The summed E-state index contributed by atoms with van der Waals surface area (Å²) in [5.41, 5.74) is 0. The Morgan fingerprint density at radius 1 is 1.33 bits per heavy atom. The van der Waals surface area contributed by atoms with E-state index in [4.69, 9.17) is 5.11 Å². The van der Waals surface area contributed by atoms with Gasteiger partial charge in [-0.3, -0.25) is 0 Å². The Labute approximate surface area is 49.0 Å². The van der Waals surface area contributed by atoms with Crippen molar-refractivity contribution in [3.05, 3.63) is 0 Å². The van der Waals surface area contributed by atoms with E-state index in [1.807, 2.05) is 0 Å². The molecule has 0 spiro atoms. The summed E-state index contributed by atoms with van der Waals surface area (Å²) in [5, 5.41) is 8.06. The fraction of sp³-hybridized carbons (Fsp3) is 1.00. The Hall–Kier alpha value is 0.439. The van der Waals surface area contributed by atoms with Crippen LogP contribution in [-0.4, -0.2) is 11.2 Å². The molecule has 42 valence electrons. The van der Waals surface area contributed by atoms with Crippen molar-refractivity contribution in [2.75, 3.05) is 0 Å². The van der Waals surface area contributed by atoms with Gasteiger partial charge >= 0.3 is 0 Å². The first kappa shape index (κ1) is 16.1. The van der Waals surface area contributed by atoms with Crippen molar-refractivity contribution >= 4 is 0 Å². The van der Waals surface area contributed by atoms with Gasteiger partial charge in [0.25, 0.3) is 0 Å². The standard InChI is InChI=1S/C3H8O.Fe.H3N/c1-3(2)4;;/h3-4H,1-2H3;;1H3. The van der Waals surface area contributed by atoms with E-state index >= 15 is 0 Å². The van der Waals surface area contributed by atoms with Crippen LogP contribution in [0.25, 0.3) is 0 Å². The molecule has 0 aliphatic carbocycles. The average molecular weight is 133 g/mol. The van der Waals surface area contributed by atoms with E-state index in [2.05, 4.69) is 0 Å². The molecule has 6 heavy (non-hydrogen) atoms. The molecule has 0 amide bonds. The summed E-state index contributed by atoms with van der Waals surface area (Å²) in [6.45, 7) is 3.44. The van der Waals surface area contributed by atoms with Gasteiger partial charge in [-0.1, -0.05) is 0 Å². The van der Waals surface area contributed by atoms with Gasteiger partial charge in [-0.15, -0.1) is 0 Å². The molecule has 0 heterocycles. The van der Waals surface area contributed by atoms with Crippen LogP contribution in [0.1, 0.15) is 13.8 Å². The van der Waals surface area contributed by atoms with Gasteiger partial charge in [0.05, 0.1) is 0 Å². The monoisotopic (exact) mass is 133 g/mol. The van der Waals surface area contributed by atoms with Gasteiger partial charge in [-0.2, -0.15) is 0 Å². The van der Waals surface area contributed by atoms with E-state index in [1.54, 1.807) is 13.8 Å². The maximum absolute atomic E-state index is 8.06. The molecule has 0 saturated carbocycles. The maximum Gasteiger partial charge on any atom is 0.0483 e. The van der Waals surface area contributed by atoms with Crippen molar-refractivity contribution < 1.29 is 22.2 Å². The molecule has 0 rings (SSSR count). The SMILES string of the molecule is CC(C)O.N.[Fe]. The zero-order valence-electron chi connectivity index (χ0n) is 4.09. The van der Waals surface area contributed by atoms with Gasteiger partial charge in [-0.05, 0) is 13.8 Å². The number of hydrogen-bond acceptors (Lipinski definition) is 2. The van der Waals surface area contributed by atoms with Gasteiger partial charge in [0.15, 0.2) is 0 Å². The van der Waals surface area contributed by atoms with E-state index in [-0.39, 0.29) is 29.3 Å². The molecular formula is C3H11FeNO. The van der Waals surface area contributed by atoms with Gasteiger partial charge in [0, 0.05) is 23.2 Å². The van der Waals surface area contributed by atoms with E-state index in [1.165, 1.54) is 0 Å². The summed E-state index contributed by atoms with van der Waals surface area (Å²) in [4.78, 5) is 0. The zero-order chi connectivity index (χ0) is 3.58. The first-order valence-corrected chi connectivity index (χ1v) is 1.41. The van der Waals surface area contributed by atoms with Gasteiger partial charge in [0.2, 0.25) is 0 Å². The maximum atomic E-state index is 8.06. The van der Waals surface area contributed by atoms with Crippen LogP contribution in [0.5, 0.6) is 0 Å². The van der Waals surface area contributed by atoms with Crippen molar-refractivity contribution in [2.45, 2.75) is 20.0 Å². The van der Waals surface area contributed by atoms with Crippen LogP contribution in [0.3, 0.4) is 0 Å². The number of rotatable bonds is 0. The second kappa shape index (κ2) is 9.06. The predicted octanol–water partition coefficient (Wildman–Crippen LogP) is 0.547. The van der Waals surface area contributed by atoms with Gasteiger partial charge in [0.1, 0.15) is 0 Å². The van der Waals surface area contributed by atoms with Crippen molar-refractivity contribution in [1.82, 2.24) is 6.15 Å². The van der Waals surface area contributed by atoms with Gasteiger partial charge in [-0.25, -0.2) is 0 Å². The van der Waals surface area contributed by atoms with Crippen LogP contribution in [0, 0.1) is 0 Å². The third-order valence-corrected chi connectivity index (χ3v) is 0. The van der Waals surface area contributed by atoms with Crippen molar-refractivity contribution in [3.8, 4) is 0 Å². The summed E-state index contributed by atoms with van der Waals surface area (Å²) in [6.07, 6.45) is -0.167. The molecule has 0 aromatic carbocycles. The van der Waals surface area contributed by atoms with Crippen LogP contribution in [0.2, 0.25) is 0 Å². The average Bonchev–Trinajstić information content (AvgIpc) is 0.811. The summed E-state index contributed by atoms with van der Waals surface area (Å²) < 4.78 is 0. The van der Waals surface area contributed by atoms with Crippen molar-refractivity contribution in [1.29, 1.82) is 0 Å². The molecule has 3 heteroatoms. The van der Waals surface area contributed by atoms with E-state index < -0.39 is 0 Å². The first-order valence-electron chi connectivity index (χ1n) is 1.41. The number of hydrogen-bond donors (Lipinski definition) is 2. The first-order chi connectivity index (χ1) is 1.73. The molecule has 0 saturated heterocycles. The van der Waals surface area contributed by atoms with Crippen LogP contribution in [0.15, 0.2) is 0 Å². The van der Waals surface area contributed by atoms with E-state index in [0.29, 0.717) is 0 Å². The zero-order valence-corrected chi connectivity index (χ0v) is 5.19. The minimum atomic E-state index is -0.167. The molecule has 0 bridgehead atoms. The Kier molecular flexibility index (Phi) is 24.3. The molecule has 0 atom stereocenters. The van der Waals surface area contributed by atoms with Crippen LogP contribution >= 0.6 is 0 Å². The Morgan fingerprint density at radius 3 is 1.33 bits per heavy atom. The Balaban J connectivity index is -0.0000000450. The fourth-order valence-corrected chi connectivity index (χ4v) is 0. The quantitative estimate of drug-likeness (QED) is 0.474. The third kappa shape index (κ3) is 272. The molecule has 0 unspecified atom stereocenters. The molecule has 4 N–H and O–H groups in total. The molecule has 0 fully saturated rings. The van der Waals surface area contributed by atoms with Crippen LogP contribution < -0.4 is 6.15 Å². The minimum Gasteiger partial charge on any atom is -0.394 e. The summed E-state index contributed by atoms with van der Waals surface area (Å²) >= 11 is 0. The second-order valence-electron chi connectivity index (χ2n) is 1.09. The molecule has 0 aromatic heterocycles. The largest absolute Gasteiger partial charge is 0.394 e. The number of aliphatic hydroxyl groups excluding tert-OH is 1. The molecule has 0 aromatic rings. The van der Waals surface area contributed by atoms with Crippen molar-refractivity contribution in [3.63, 3.8) is 0 Å². The smallest absolute Gasteiger partial charge is 0.0483 e. The topological polar surface area (TPSA) is 55.2 Å². The molecule has 0 aliphatic rings. The molecule has 0 radical (unpaired) electrons. The van der Waals surface area contributed by atoms with E-state index in [0.717, 1.165) is 0 Å². The third-order valence-electron chi connectivity index (χ3n) is 0. The molecular weight excluding hydrogens is 122 g/mol. The Bertz CT molecular complexity index is 15.5.